The van der Waals surface area contributed by atoms with Gasteiger partial charge in [0.05, 0.1) is 6.42 Å². The van der Waals surface area contributed by atoms with Gasteiger partial charge in [0, 0.05) is 11.7 Å². The number of anilines is 1. The van der Waals surface area contributed by atoms with Gasteiger partial charge >= 0.3 is 11.3 Å². The van der Waals surface area contributed by atoms with Crippen LogP contribution in [0.25, 0.3) is 0 Å². The summed E-state index contributed by atoms with van der Waals surface area (Å²) in [5, 5.41) is 5.63. The van der Waals surface area contributed by atoms with Crippen LogP contribution >= 0.6 is 12.2 Å². The summed E-state index contributed by atoms with van der Waals surface area (Å²) in [6.45, 7) is 2.05. The normalized spacial score (nSPS) is 19.2. The van der Waals surface area contributed by atoms with E-state index in [1.54, 1.807) is 16.8 Å². The molecule has 2 aliphatic rings. The van der Waals surface area contributed by atoms with Crippen molar-refractivity contribution in [1.29, 1.82) is 0 Å². The van der Waals surface area contributed by atoms with Crippen molar-refractivity contribution >= 4 is 34.8 Å². The van der Waals surface area contributed by atoms with Crippen molar-refractivity contribution in [2.75, 3.05) is 5.32 Å². The first-order valence-electron chi connectivity index (χ1n) is 9.41. The van der Waals surface area contributed by atoms with E-state index in [2.05, 4.69) is 10.6 Å². The number of carbonyl (C=O) groups excluding carboxylic acids is 2. The molecule has 2 heterocycles. The molecule has 2 amide bonds. The first-order valence-corrected chi connectivity index (χ1v) is 9.82. The van der Waals surface area contributed by atoms with E-state index in [-0.39, 0.29) is 30.8 Å². The van der Waals surface area contributed by atoms with Crippen LogP contribution in [0.1, 0.15) is 30.5 Å². The van der Waals surface area contributed by atoms with Crippen molar-refractivity contribution in [2.24, 2.45) is 7.05 Å². The van der Waals surface area contributed by atoms with Gasteiger partial charge in [-0.25, -0.2) is 4.79 Å². The number of carbonyl (C=O) groups is 2. The molecule has 1 atom stereocenters. The largest absolute Gasteiger partial charge is 0.431 e. The number of aromatic amines is 1. The van der Waals surface area contributed by atoms with Gasteiger partial charge in [0.1, 0.15) is 12.6 Å². The molecule has 0 bridgehead atoms. The fourth-order valence-electron chi connectivity index (χ4n) is 3.42. The van der Waals surface area contributed by atoms with E-state index < -0.39 is 11.7 Å². The van der Waals surface area contributed by atoms with Crippen LogP contribution in [0, 0.1) is 6.92 Å². The summed E-state index contributed by atoms with van der Waals surface area (Å²) in [7, 11) is 1.64. The number of aryl methyl sites for hydroxylation is 2. The summed E-state index contributed by atoms with van der Waals surface area (Å²) in [5.41, 5.74) is 1.54. The SMILES string of the molecule is Cc1ccc(NC(=O)CC2C(=O)N(C3CC3)C(=S)N2Cc2c(=O)o[nH][n+]2C)cc1. The van der Waals surface area contributed by atoms with E-state index in [0.717, 1.165) is 18.4 Å². The molecule has 1 saturated carbocycles. The molecular formula is C19H22N5O4S+. The van der Waals surface area contributed by atoms with Gasteiger partial charge in [0.25, 0.3) is 5.91 Å². The standard InChI is InChI=1S/C19H21N5O4S/c1-11-3-5-12(6-4-11)20-16(25)9-14-17(26)24(13-7-8-13)19(29)23(14)10-15-18(27)28-21-22(15)2/h3-6,13-14H,7-10H2,1-2H3,(H-,20,21,25,27)/p+1. The van der Waals surface area contributed by atoms with Crippen LogP contribution in [0.15, 0.2) is 33.6 Å². The van der Waals surface area contributed by atoms with E-state index in [1.165, 1.54) is 4.68 Å². The number of thiocarbonyl (C=S) groups is 1. The lowest BCUT2D eigenvalue weighted by Crippen LogP contribution is -2.44. The lowest BCUT2D eigenvalue weighted by atomic mass is 10.1. The molecule has 10 heteroatoms. The number of nitrogens with zero attached hydrogens (tertiary/aromatic N) is 3. The molecule has 2 aromatic rings. The average Bonchev–Trinajstić information content (AvgIpc) is 3.42. The van der Waals surface area contributed by atoms with Crippen LogP contribution in [0.3, 0.4) is 0 Å². The summed E-state index contributed by atoms with van der Waals surface area (Å²) in [4.78, 5) is 40.9. The van der Waals surface area contributed by atoms with Gasteiger partial charge < -0.3 is 10.2 Å². The molecule has 1 aromatic heterocycles. The van der Waals surface area contributed by atoms with Crippen molar-refractivity contribution in [1.82, 2.24) is 15.1 Å². The lowest BCUT2D eigenvalue weighted by Gasteiger charge is -2.21. The summed E-state index contributed by atoms with van der Waals surface area (Å²) >= 11 is 5.54. The Morgan fingerprint density at radius 1 is 1.31 bits per heavy atom. The van der Waals surface area contributed by atoms with Gasteiger partial charge in [-0.15, -0.1) is 0 Å². The minimum absolute atomic E-state index is 0.0600. The monoisotopic (exact) mass is 416 g/mol. The summed E-state index contributed by atoms with van der Waals surface area (Å²) in [6.07, 6.45) is 1.72. The highest BCUT2D eigenvalue weighted by molar-refractivity contribution is 7.80. The van der Waals surface area contributed by atoms with Crippen LogP contribution < -0.4 is 15.6 Å². The maximum Gasteiger partial charge on any atom is 0.431 e. The van der Waals surface area contributed by atoms with Crippen LogP contribution in [0.2, 0.25) is 0 Å². The minimum atomic E-state index is -0.761. The molecule has 9 nitrogen and oxygen atoms in total. The number of hydrogen-bond acceptors (Lipinski definition) is 5. The lowest BCUT2D eigenvalue weighted by molar-refractivity contribution is -0.746. The number of amides is 2. The summed E-state index contributed by atoms with van der Waals surface area (Å²) in [6, 6.07) is 6.75. The maximum absolute atomic E-state index is 13.0. The number of rotatable bonds is 6. The van der Waals surface area contributed by atoms with Gasteiger partial charge in [0.2, 0.25) is 5.91 Å². The Balaban J connectivity index is 1.55. The molecule has 1 saturated heterocycles. The van der Waals surface area contributed by atoms with Crippen molar-refractivity contribution in [3.05, 3.63) is 45.9 Å². The fourth-order valence-corrected chi connectivity index (χ4v) is 3.85. The van der Waals surface area contributed by atoms with E-state index in [0.29, 0.717) is 16.5 Å². The number of aromatic nitrogens is 2. The summed E-state index contributed by atoms with van der Waals surface area (Å²) < 4.78 is 6.24. The highest BCUT2D eigenvalue weighted by Crippen LogP contribution is 2.34. The molecule has 152 valence electrons. The topological polar surface area (TPSA) is 103 Å². The molecule has 1 aliphatic carbocycles. The van der Waals surface area contributed by atoms with Crippen LogP contribution in [-0.4, -0.2) is 44.1 Å². The molecule has 0 spiro atoms. The third-order valence-electron chi connectivity index (χ3n) is 5.21. The van der Waals surface area contributed by atoms with E-state index in [9.17, 15) is 14.4 Å². The number of nitrogens with one attached hydrogen (secondary N) is 2. The smallest absolute Gasteiger partial charge is 0.326 e. The molecule has 1 aromatic carbocycles. The average molecular weight is 416 g/mol. The number of hydrogen-bond donors (Lipinski definition) is 2. The third kappa shape index (κ3) is 3.80. The molecule has 2 N–H and O–H groups in total. The van der Waals surface area contributed by atoms with E-state index >= 15 is 0 Å². The zero-order chi connectivity index (χ0) is 20.7. The molecule has 4 rings (SSSR count). The van der Waals surface area contributed by atoms with Gasteiger partial charge in [-0.2, -0.15) is 0 Å². The number of H-pyrrole nitrogens is 1. The van der Waals surface area contributed by atoms with Crippen LogP contribution in [0.4, 0.5) is 5.69 Å². The second kappa shape index (κ2) is 7.43. The Kier molecular flexibility index (Phi) is 4.95. The molecule has 2 fully saturated rings. The summed E-state index contributed by atoms with van der Waals surface area (Å²) in [5.74, 6) is -0.484. The first kappa shape index (κ1) is 19.3. The molecular weight excluding hydrogens is 394 g/mol. The highest BCUT2D eigenvalue weighted by Gasteiger charge is 2.50. The van der Waals surface area contributed by atoms with Crippen LogP contribution in [-0.2, 0) is 23.2 Å². The maximum atomic E-state index is 13.0. The molecule has 1 unspecified atom stereocenters. The Labute approximate surface area is 172 Å². The van der Waals surface area contributed by atoms with Gasteiger partial charge in [-0.05, 0) is 49.4 Å². The zero-order valence-corrected chi connectivity index (χ0v) is 17.0. The predicted molar refractivity (Wildman–Crippen MR) is 107 cm³/mol. The van der Waals surface area contributed by atoms with Crippen molar-refractivity contribution < 1.29 is 18.8 Å². The van der Waals surface area contributed by atoms with Crippen molar-refractivity contribution in [2.45, 2.75) is 44.8 Å². The van der Waals surface area contributed by atoms with Gasteiger partial charge in [-0.1, -0.05) is 22.4 Å². The Hall–Kier alpha value is -3.01. The second-order valence-electron chi connectivity index (χ2n) is 7.47. The Morgan fingerprint density at radius 3 is 2.59 bits per heavy atom. The Morgan fingerprint density at radius 2 is 2.00 bits per heavy atom. The van der Waals surface area contributed by atoms with E-state index in [1.807, 2.05) is 31.2 Å². The highest BCUT2D eigenvalue weighted by atomic mass is 32.1. The predicted octanol–water partition coefficient (Wildman–Crippen LogP) is 0.590. The molecule has 1 aliphatic heterocycles. The van der Waals surface area contributed by atoms with Crippen LogP contribution in [0.5, 0.6) is 0 Å². The van der Waals surface area contributed by atoms with E-state index in [4.69, 9.17) is 16.7 Å². The van der Waals surface area contributed by atoms with Crippen molar-refractivity contribution in [3.63, 3.8) is 0 Å². The minimum Gasteiger partial charge on any atom is -0.326 e. The van der Waals surface area contributed by atoms with Gasteiger partial charge in [0.15, 0.2) is 12.2 Å². The van der Waals surface area contributed by atoms with Gasteiger partial charge in [-0.3, -0.25) is 19.0 Å². The van der Waals surface area contributed by atoms with Crippen molar-refractivity contribution in [3.8, 4) is 0 Å². The Bertz CT molecular complexity index is 1020. The third-order valence-corrected chi connectivity index (χ3v) is 5.64. The zero-order valence-electron chi connectivity index (χ0n) is 16.2. The molecule has 29 heavy (non-hydrogen) atoms. The quantitative estimate of drug-likeness (QED) is 0.528. The fraction of sp³-hybridized carbons (Fsp3) is 0.421. The molecule has 0 radical (unpaired) electrons. The second-order valence-corrected chi connectivity index (χ2v) is 7.84. The first-order chi connectivity index (χ1) is 13.8. The number of benzene rings is 1.